The molecule has 0 saturated carbocycles. The van der Waals surface area contributed by atoms with Crippen molar-refractivity contribution in [2.45, 2.75) is 30.3 Å². The van der Waals surface area contributed by atoms with E-state index >= 15 is 0 Å². The number of nitrogens with one attached hydrogen (secondary N) is 1. The van der Waals surface area contributed by atoms with E-state index in [2.05, 4.69) is 9.71 Å². The Kier molecular flexibility index (Phi) is 4.71. The normalized spacial score (nSPS) is 17.2. The Morgan fingerprint density at radius 3 is 2.72 bits per heavy atom. The van der Waals surface area contributed by atoms with Crippen LogP contribution in [0.2, 0.25) is 0 Å². The number of fused-ring (bicyclic) bond motifs is 3. The second kappa shape index (κ2) is 7.09. The molecule has 0 bridgehead atoms. The van der Waals surface area contributed by atoms with Crippen LogP contribution in [0.1, 0.15) is 24.1 Å². The zero-order valence-corrected chi connectivity index (χ0v) is 16.2. The highest BCUT2D eigenvalue weighted by Crippen LogP contribution is 2.34. The number of rotatable bonds is 5. The average molecular weight is 415 g/mol. The van der Waals surface area contributed by atoms with Crippen LogP contribution >= 0.6 is 0 Å². The summed E-state index contributed by atoms with van der Waals surface area (Å²) in [5.74, 6) is -2.21. The Hall–Kier alpha value is -3.04. The van der Waals surface area contributed by atoms with Crippen molar-refractivity contribution >= 4 is 33.1 Å². The number of pyridine rings is 1. The van der Waals surface area contributed by atoms with E-state index in [1.165, 1.54) is 12.1 Å². The van der Waals surface area contributed by atoms with Crippen molar-refractivity contribution in [1.29, 1.82) is 0 Å². The van der Waals surface area contributed by atoms with Gasteiger partial charge < -0.3 is 9.67 Å². The topological polar surface area (TPSA) is 101 Å². The van der Waals surface area contributed by atoms with Crippen molar-refractivity contribution in [3.05, 3.63) is 65.7 Å². The van der Waals surface area contributed by atoms with Crippen molar-refractivity contribution in [2.24, 2.45) is 0 Å². The summed E-state index contributed by atoms with van der Waals surface area (Å²) in [7, 11) is -3.85. The molecule has 2 aromatic heterocycles. The van der Waals surface area contributed by atoms with E-state index in [9.17, 15) is 22.7 Å². The molecule has 0 amide bonds. The first-order valence-electron chi connectivity index (χ1n) is 8.94. The predicted octanol–water partition coefficient (Wildman–Crippen LogP) is 2.74. The zero-order valence-electron chi connectivity index (χ0n) is 15.4. The van der Waals surface area contributed by atoms with Crippen LogP contribution in [0.25, 0.3) is 17.1 Å². The first kappa shape index (κ1) is 19.3. The van der Waals surface area contributed by atoms with Crippen LogP contribution in [0.5, 0.6) is 0 Å². The number of carboxylic acid groups (broad SMARTS) is 1. The molecule has 0 aliphatic carbocycles. The average Bonchev–Trinajstić information content (AvgIpc) is 3.01. The minimum Gasteiger partial charge on any atom is -0.481 e. The van der Waals surface area contributed by atoms with Gasteiger partial charge in [0.15, 0.2) is 0 Å². The molecule has 2 N–H and O–H groups in total. The van der Waals surface area contributed by atoms with Crippen molar-refractivity contribution in [2.75, 3.05) is 0 Å². The van der Waals surface area contributed by atoms with Gasteiger partial charge in [-0.15, -0.1) is 0 Å². The van der Waals surface area contributed by atoms with Crippen LogP contribution in [0.15, 0.2) is 53.6 Å². The van der Waals surface area contributed by atoms with E-state index in [-0.39, 0.29) is 11.4 Å². The molecule has 0 radical (unpaired) electrons. The van der Waals surface area contributed by atoms with Gasteiger partial charge in [-0.2, -0.15) is 0 Å². The van der Waals surface area contributed by atoms with Gasteiger partial charge in [0.05, 0.1) is 16.9 Å². The minimum absolute atomic E-state index is 0.0335. The molecule has 0 saturated heterocycles. The third-order valence-electron chi connectivity index (χ3n) is 5.00. The van der Waals surface area contributed by atoms with Crippen LogP contribution < -0.4 is 4.72 Å². The quantitative estimate of drug-likeness (QED) is 0.667. The van der Waals surface area contributed by atoms with Gasteiger partial charge in [0, 0.05) is 29.4 Å². The number of carbonyl (C=O) groups is 1. The van der Waals surface area contributed by atoms with Gasteiger partial charge in [0.25, 0.3) is 0 Å². The van der Waals surface area contributed by atoms with E-state index in [4.69, 9.17) is 0 Å². The van der Waals surface area contributed by atoms with E-state index < -0.39 is 33.8 Å². The lowest BCUT2D eigenvalue weighted by molar-refractivity contribution is -0.138. The van der Waals surface area contributed by atoms with E-state index in [0.717, 1.165) is 17.5 Å². The van der Waals surface area contributed by atoms with Gasteiger partial charge in [-0.05, 0) is 49.4 Å². The summed E-state index contributed by atoms with van der Waals surface area (Å²) in [4.78, 5) is 15.9. The monoisotopic (exact) mass is 415 g/mol. The Balaban J connectivity index is 1.70. The maximum atomic E-state index is 13.1. The number of hydrogen-bond donors (Lipinski definition) is 2. The SMILES string of the molecule is CC(C(=O)O)c1c2n(c3ncccc13)C[C@H](NS(=O)(=O)c1ccc(F)cc1)C=C2. The summed E-state index contributed by atoms with van der Waals surface area (Å²) in [6, 6.07) is 7.57. The molecule has 1 aliphatic heterocycles. The Morgan fingerprint density at radius 2 is 2.03 bits per heavy atom. The second-order valence-electron chi connectivity index (χ2n) is 6.88. The number of nitrogens with zero attached hydrogens (tertiary/aromatic N) is 2. The van der Waals surface area contributed by atoms with Crippen LogP contribution in [0.3, 0.4) is 0 Å². The lowest BCUT2D eigenvalue weighted by Crippen LogP contribution is -2.38. The number of benzene rings is 1. The molecule has 7 nitrogen and oxygen atoms in total. The van der Waals surface area contributed by atoms with Crippen LogP contribution in [0.4, 0.5) is 4.39 Å². The standard InChI is InChI=1S/C20H18FN3O4S/c1-12(20(25)26)18-16-3-2-10-22-19(16)24-11-14(6-9-17(18)24)23-29(27,28)15-7-4-13(21)5-8-15/h2-10,12,14,23H,11H2,1H3,(H,25,26)/t12?,14-/m1/s1. The van der Waals surface area contributed by atoms with E-state index in [1.807, 2.05) is 10.6 Å². The fourth-order valence-electron chi connectivity index (χ4n) is 3.59. The smallest absolute Gasteiger partial charge is 0.310 e. The summed E-state index contributed by atoms with van der Waals surface area (Å²) in [6.07, 6.45) is 5.02. The molecule has 2 atom stereocenters. The van der Waals surface area contributed by atoms with Gasteiger partial charge in [-0.1, -0.05) is 6.08 Å². The summed E-state index contributed by atoms with van der Waals surface area (Å²) < 4.78 is 42.8. The Labute approximate surface area is 166 Å². The molecule has 1 aromatic carbocycles. The summed E-state index contributed by atoms with van der Waals surface area (Å²) in [5, 5.41) is 10.2. The fourth-order valence-corrected chi connectivity index (χ4v) is 4.77. The molecule has 0 spiro atoms. The lowest BCUT2D eigenvalue weighted by atomic mass is 9.97. The predicted molar refractivity (Wildman–Crippen MR) is 105 cm³/mol. The minimum atomic E-state index is -3.85. The lowest BCUT2D eigenvalue weighted by Gasteiger charge is -2.22. The fraction of sp³-hybridized carbons (Fsp3) is 0.200. The van der Waals surface area contributed by atoms with Gasteiger partial charge in [0.1, 0.15) is 11.5 Å². The van der Waals surface area contributed by atoms with Crippen molar-refractivity contribution in [1.82, 2.24) is 14.3 Å². The molecule has 9 heteroatoms. The summed E-state index contributed by atoms with van der Waals surface area (Å²) in [5.41, 5.74) is 1.95. The van der Waals surface area contributed by atoms with Gasteiger partial charge in [0.2, 0.25) is 10.0 Å². The van der Waals surface area contributed by atoms with E-state index in [1.54, 1.807) is 31.3 Å². The highest BCUT2D eigenvalue weighted by molar-refractivity contribution is 7.89. The number of halogens is 1. The first-order valence-corrected chi connectivity index (χ1v) is 10.4. The van der Waals surface area contributed by atoms with Crippen LogP contribution in [-0.4, -0.2) is 35.1 Å². The number of aliphatic carboxylic acids is 1. The van der Waals surface area contributed by atoms with Crippen molar-refractivity contribution in [3.8, 4) is 0 Å². The maximum Gasteiger partial charge on any atom is 0.310 e. The highest BCUT2D eigenvalue weighted by atomic mass is 32.2. The number of sulfonamides is 1. The molecule has 0 fully saturated rings. The Morgan fingerprint density at radius 1 is 1.31 bits per heavy atom. The number of hydrogen-bond acceptors (Lipinski definition) is 4. The van der Waals surface area contributed by atoms with Gasteiger partial charge in [-0.3, -0.25) is 4.79 Å². The highest BCUT2D eigenvalue weighted by Gasteiger charge is 2.29. The first-order chi connectivity index (χ1) is 13.8. The number of aromatic nitrogens is 2. The maximum absolute atomic E-state index is 13.1. The molecular formula is C20H18FN3O4S. The molecule has 150 valence electrons. The molecular weight excluding hydrogens is 397 g/mol. The molecule has 3 aromatic rings. The third-order valence-corrected chi connectivity index (χ3v) is 6.50. The second-order valence-corrected chi connectivity index (χ2v) is 8.60. The third kappa shape index (κ3) is 3.43. The number of carboxylic acids is 1. The summed E-state index contributed by atoms with van der Waals surface area (Å²) in [6.45, 7) is 1.87. The van der Waals surface area contributed by atoms with E-state index in [0.29, 0.717) is 16.9 Å². The zero-order chi connectivity index (χ0) is 20.8. The largest absolute Gasteiger partial charge is 0.481 e. The molecule has 1 aliphatic rings. The van der Waals surface area contributed by atoms with Gasteiger partial charge >= 0.3 is 5.97 Å². The van der Waals surface area contributed by atoms with Crippen LogP contribution in [0, 0.1) is 5.82 Å². The summed E-state index contributed by atoms with van der Waals surface area (Å²) >= 11 is 0. The van der Waals surface area contributed by atoms with Crippen molar-refractivity contribution < 1.29 is 22.7 Å². The molecule has 29 heavy (non-hydrogen) atoms. The molecule has 1 unspecified atom stereocenters. The van der Waals surface area contributed by atoms with Gasteiger partial charge in [-0.25, -0.2) is 22.5 Å². The van der Waals surface area contributed by atoms with Crippen molar-refractivity contribution in [3.63, 3.8) is 0 Å². The molecule has 4 rings (SSSR count). The van der Waals surface area contributed by atoms with Crippen LogP contribution in [-0.2, 0) is 21.4 Å². The Bertz CT molecular complexity index is 1230. The molecule has 3 heterocycles.